The maximum absolute atomic E-state index is 11.8. The van der Waals surface area contributed by atoms with Gasteiger partial charge in [-0.3, -0.25) is 4.98 Å². The number of hydrogen-bond acceptors (Lipinski definition) is 3. The molecule has 0 atom stereocenters. The van der Waals surface area contributed by atoms with E-state index in [-0.39, 0.29) is 11.6 Å². The molecule has 1 aliphatic rings. The van der Waals surface area contributed by atoms with E-state index in [4.69, 9.17) is 4.74 Å². The Morgan fingerprint density at radius 1 is 1.44 bits per heavy atom. The van der Waals surface area contributed by atoms with Crippen molar-refractivity contribution in [3.63, 3.8) is 0 Å². The quantitative estimate of drug-likeness (QED) is 0.825. The predicted octanol–water partition coefficient (Wildman–Crippen LogP) is 3.20. The standard InChI is InChI=1S/C13H17IN2O2/c1-12(2,3)16-11(17)18-13(6-7-13)10-5-4-9(14)8-15-10/h4-5,8H,6-7H2,1-3H3,(H,16,17). The molecule has 1 N–H and O–H groups in total. The first-order chi connectivity index (χ1) is 8.31. The molecule has 0 aromatic carbocycles. The number of carbonyl (C=O) groups is 1. The number of nitrogens with zero attached hydrogens (tertiary/aromatic N) is 1. The Balaban J connectivity index is 2.04. The van der Waals surface area contributed by atoms with Crippen LogP contribution >= 0.6 is 22.6 Å². The van der Waals surface area contributed by atoms with Gasteiger partial charge in [0.2, 0.25) is 0 Å². The van der Waals surface area contributed by atoms with Gasteiger partial charge in [-0.1, -0.05) is 0 Å². The molecular weight excluding hydrogens is 343 g/mol. The SMILES string of the molecule is CC(C)(C)NC(=O)OC1(c2ccc(I)cn2)CC1. The molecule has 1 fully saturated rings. The van der Waals surface area contributed by atoms with Gasteiger partial charge >= 0.3 is 6.09 Å². The van der Waals surface area contributed by atoms with E-state index < -0.39 is 5.60 Å². The second kappa shape index (κ2) is 4.68. The highest BCUT2D eigenvalue weighted by Crippen LogP contribution is 2.48. The predicted molar refractivity (Wildman–Crippen MR) is 77.2 cm³/mol. The van der Waals surface area contributed by atoms with Crippen LogP contribution in [0.4, 0.5) is 4.79 Å². The molecule has 0 radical (unpaired) electrons. The van der Waals surface area contributed by atoms with Gasteiger partial charge in [-0.15, -0.1) is 0 Å². The van der Waals surface area contributed by atoms with E-state index in [2.05, 4.69) is 32.9 Å². The summed E-state index contributed by atoms with van der Waals surface area (Å²) in [7, 11) is 0. The molecule has 5 heteroatoms. The monoisotopic (exact) mass is 360 g/mol. The lowest BCUT2D eigenvalue weighted by Gasteiger charge is -2.23. The largest absolute Gasteiger partial charge is 0.436 e. The van der Waals surface area contributed by atoms with Crippen LogP contribution in [0.3, 0.4) is 0 Å². The van der Waals surface area contributed by atoms with Crippen molar-refractivity contribution in [3.05, 3.63) is 27.6 Å². The van der Waals surface area contributed by atoms with Gasteiger partial charge in [0.05, 0.1) is 5.69 Å². The zero-order valence-corrected chi connectivity index (χ0v) is 12.9. The van der Waals surface area contributed by atoms with Crippen LogP contribution in [0.2, 0.25) is 0 Å². The Hall–Kier alpha value is -0.850. The summed E-state index contributed by atoms with van der Waals surface area (Å²) < 4.78 is 6.61. The first-order valence-corrected chi connectivity index (χ1v) is 7.02. The number of ether oxygens (including phenoxy) is 1. The van der Waals surface area contributed by atoms with E-state index in [1.54, 1.807) is 6.20 Å². The summed E-state index contributed by atoms with van der Waals surface area (Å²) in [5.41, 5.74) is 0.0544. The van der Waals surface area contributed by atoms with E-state index in [0.29, 0.717) is 0 Å². The molecule has 1 aliphatic carbocycles. The number of rotatable bonds is 2. The molecule has 2 rings (SSSR count). The van der Waals surface area contributed by atoms with Gasteiger partial charge < -0.3 is 10.1 Å². The molecule has 0 spiro atoms. The van der Waals surface area contributed by atoms with E-state index >= 15 is 0 Å². The van der Waals surface area contributed by atoms with Gasteiger partial charge in [0.15, 0.2) is 5.60 Å². The molecule has 0 unspecified atom stereocenters. The number of amides is 1. The first-order valence-electron chi connectivity index (χ1n) is 5.94. The Morgan fingerprint density at radius 3 is 2.56 bits per heavy atom. The highest BCUT2D eigenvalue weighted by Gasteiger charge is 2.50. The van der Waals surface area contributed by atoms with E-state index in [1.807, 2.05) is 32.9 Å². The second-order valence-corrected chi connectivity index (χ2v) is 6.87. The number of pyridine rings is 1. The van der Waals surface area contributed by atoms with Crippen LogP contribution in [0.1, 0.15) is 39.3 Å². The minimum atomic E-state index is -0.500. The van der Waals surface area contributed by atoms with Gasteiger partial charge in [0.25, 0.3) is 0 Å². The van der Waals surface area contributed by atoms with Crippen LogP contribution < -0.4 is 5.32 Å². The Labute approximate surface area is 121 Å². The number of nitrogens with one attached hydrogen (secondary N) is 1. The second-order valence-electron chi connectivity index (χ2n) is 5.62. The molecule has 0 aliphatic heterocycles. The fourth-order valence-electron chi connectivity index (χ4n) is 1.68. The maximum Gasteiger partial charge on any atom is 0.408 e. The molecule has 0 saturated heterocycles. The third-order valence-corrected chi connectivity index (χ3v) is 3.30. The number of alkyl carbamates (subject to hydrolysis) is 1. The molecule has 1 aromatic rings. The van der Waals surface area contributed by atoms with Crippen molar-refractivity contribution in [3.8, 4) is 0 Å². The number of hydrogen-bond donors (Lipinski definition) is 1. The zero-order valence-electron chi connectivity index (χ0n) is 10.8. The number of carbonyl (C=O) groups excluding carboxylic acids is 1. The molecule has 1 heterocycles. The average Bonchev–Trinajstić information content (AvgIpc) is 2.96. The summed E-state index contributed by atoms with van der Waals surface area (Å²) in [4.78, 5) is 16.1. The zero-order chi connectivity index (χ0) is 13.4. The molecular formula is C13H17IN2O2. The normalized spacial score (nSPS) is 17.1. The van der Waals surface area contributed by atoms with E-state index in [9.17, 15) is 4.79 Å². The number of halogens is 1. The Bertz CT molecular complexity index is 447. The van der Waals surface area contributed by atoms with Gasteiger partial charge in [0, 0.05) is 15.3 Å². The fourth-order valence-corrected chi connectivity index (χ4v) is 2.00. The topological polar surface area (TPSA) is 51.2 Å². The number of aromatic nitrogens is 1. The lowest BCUT2D eigenvalue weighted by atomic mass is 10.1. The van der Waals surface area contributed by atoms with Crippen LogP contribution in [0.25, 0.3) is 0 Å². The van der Waals surface area contributed by atoms with Gasteiger partial charge in [0.1, 0.15) is 0 Å². The summed E-state index contributed by atoms with van der Waals surface area (Å²) in [6, 6.07) is 3.91. The van der Waals surface area contributed by atoms with Crippen molar-refractivity contribution in [1.82, 2.24) is 10.3 Å². The highest BCUT2D eigenvalue weighted by molar-refractivity contribution is 14.1. The van der Waals surface area contributed by atoms with Crippen LogP contribution in [0, 0.1) is 3.57 Å². The van der Waals surface area contributed by atoms with Crippen LogP contribution in [-0.4, -0.2) is 16.6 Å². The van der Waals surface area contributed by atoms with E-state index in [0.717, 1.165) is 22.1 Å². The van der Waals surface area contributed by atoms with Crippen molar-refractivity contribution in [2.24, 2.45) is 0 Å². The van der Waals surface area contributed by atoms with Crippen molar-refractivity contribution >= 4 is 28.7 Å². The van der Waals surface area contributed by atoms with Gasteiger partial charge in [-0.05, 0) is 68.3 Å². The summed E-state index contributed by atoms with van der Waals surface area (Å²) in [5.74, 6) is 0. The van der Waals surface area contributed by atoms with E-state index in [1.165, 1.54) is 0 Å². The molecule has 1 amide bonds. The third-order valence-electron chi connectivity index (χ3n) is 2.66. The minimum absolute atomic E-state index is 0.285. The Morgan fingerprint density at radius 2 is 2.11 bits per heavy atom. The van der Waals surface area contributed by atoms with Gasteiger partial charge in [-0.25, -0.2) is 4.79 Å². The third kappa shape index (κ3) is 3.34. The molecule has 0 bridgehead atoms. The smallest absolute Gasteiger partial charge is 0.408 e. The molecule has 1 aromatic heterocycles. The van der Waals surface area contributed by atoms with Crippen molar-refractivity contribution in [2.45, 2.75) is 44.8 Å². The summed E-state index contributed by atoms with van der Waals surface area (Å²) >= 11 is 2.21. The molecule has 18 heavy (non-hydrogen) atoms. The van der Waals surface area contributed by atoms with Crippen molar-refractivity contribution < 1.29 is 9.53 Å². The maximum atomic E-state index is 11.8. The summed E-state index contributed by atoms with van der Waals surface area (Å²) in [5, 5.41) is 2.81. The average molecular weight is 360 g/mol. The van der Waals surface area contributed by atoms with Crippen LogP contribution in [0.5, 0.6) is 0 Å². The van der Waals surface area contributed by atoms with Crippen LogP contribution in [0.15, 0.2) is 18.3 Å². The fraction of sp³-hybridized carbons (Fsp3) is 0.538. The summed E-state index contributed by atoms with van der Waals surface area (Å²) in [6.45, 7) is 5.78. The lowest BCUT2D eigenvalue weighted by Crippen LogP contribution is -2.42. The Kier molecular flexibility index (Phi) is 3.53. The summed E-state index contributed by atoms with van der Waals surface area (Å²) in [6.07, 6.45) is 3.11. The highest BCUT2D eigenvalue weighted by atomic mass is 127. The minimum Gasteiger partial charge on any atom is -0.436 e. The first kappa shape index (κ1) is 13.6. The molecule has 98 valence electrons. The van der Waals surface area contributed by atoms with Crippen molar-refractivity contribution in [2.75, 3.05) is 0 Å². The molecule has 4 nitrogen and oxygen atoms in total. The van der Waals surface area contributed by atoms with Crippen LogP contribution in [-0.2, 0) is 10.3 Å². The van der Waals surface area contributed by atoms with Crippen molar-refractivity contribution in [1.29, 1.82) is 0 Å². The molecule has 1 saturated carbocycles. The lowest BCUT2D eigenvalue weighted by molar-refractivity contribution is 0.0730. The van der Waals surface area contributed by atoms with Gasteiger partial charge in [-0.2, -0.15) is 0 Å².